The molecule has 0 unspecified atom stereocenters. The fourth-order valence-corrected chi connectivity index (χ4v) is 2.15. The van der Waals surface area contributed by atoms with E-state index in [-0.39, 0.29) is 0 Å². The van der Waals surface area contributed by atoms with Gasteiger partial charge in [0.25, 0.3) is 0 Å². The van der Waals surface area contributed by atoms with E-state index in [0.717, 1.165) is 6.61 Å². The fraction of sp³-hybridized carbons (Fsp3) is 0.857. The minimum Gasteiger partial charge on any atom is -0.378 e. The van der Waals surface area contributed by atoms with Crippen molar-refractivity contribution in [1.29, 1.82) is 0 Å². The number of piperidine rings is 1. The van der Waals surface area contributed by atoms with E-state index in [1.165, 1.54) is 45.2 Å². The quantitative estimate of drug-likeness (QED) is 0.617. The number of unbranched alkanes of at least 4 members (excludes halogenated alkanes) is 1. The summed E-state index contributed by atoms with van der Waals surface area (Å²) in [5.41, 5.74) is 0. The topological polar surface area (TPSA) is 12.5 Å². The number of rotatable bonds is 7. The van der Waals surface area contributed by atoms with Gasteiger partial charge in [0.1, 0.15) is 0 Å². The van der Waals surface area contributed by atoms with Gasteiger partial charge in [-0.2, -0.15) is 0 Å². The summed E-state index contributed by atoms with van der Waals surface area (Å²) in [6.45, 7) is 9.37. The van der Waals surface area contributed by atoms with Gasteiger partial charge in [0.2, 0.25) is 0 Å². The Morgan fingerprint density at radius 1 is 1.44 bits per heavy atom. The predicted molar refractivity (Wildman–Crippen MR) is 69.7 cm³/mol. The van der Waals surface area contributed by atoms with E-state index < -0.39 is 0 Å². The van der Waals surface area contributed by atoms with Crippen LogP contribution in [-0.2, 0) is 4.74 Å². The molecule has 1 fully saturated rings. The molecule has 0 bridgehead atoms. The summed E-state index contributed by atoms with van der Waals surface area (Å²) >= 11 is 0. The highest BCUT2D eigenvalue weighted by Gasteiger charge is 2.17. The van der Waals surface area contributed by atoms with E-state index in [9.17, 15) is 0 Å². The monoisotopic (exact) mass is 225 g/mol. The Bertz CT molecular complexity index is 185. The number of nitrogens with zero attached hydrogens (tertiary/aromatic N) is 1. The number of likely N-dealkylation sites (tertiary alicyclic amines) is 1. The van der Waals surface area contributed by atoms with Crippen molar-refractivity contribution in [3.05, 3.63) is 12.7 Å². The molecule has 0 aromatic carbocycles. The summed E-state index contributed by atoms with van der Waals surface area (Å²) in [5, 5.41) is 0. The average molecular weight is 225 g/mol. The van der Waals surface area contributed by atoms with Gasteiger partial charge in [0, 0.05) is 13.1 Å². The standard InChI is InChI=1S/C14H27NO/c1-4-6-7-13(5-2)12-16-14-8-10-15(3)11-9-14/h5,13-14H,2,4,6-12H2,1,3H3/t13-/m0/s1. The smallest absolute Gasteiger partial charge is 0.0599 e. The fourth-order valence-electron chi connectivity index (χ4n) is 2.15. The molecule has 1 atom stereocenters. The Labute approximate surface area is 101 Å². The van der Waals surface area contributed by atoms with Gasteiger partial charge in [-0.3, -0.25) is 0 Å². The molecular formula is C14H27NO. The van der Waals surface area contributed by atoms with Gasteiger partial charge in [-0.15, -0.1) is 6.58 Å². The van der Waals surface area contributed by atoms with E-state index in [0.29, 0.717) is 12.0 Å². The molecule has 1 saturated heterocycles. The molecule has 1 aliphatic rings. The molecule has 0 radical (unpaired) electrons. The summed E-state index contributed by atoms with van der Waals surface area (Å²) in [7, 11) is 2.18. The molecule has 94 valence electrons. The lowest BCUT2D eigenvalue weighted by molar-refractivity contribution is 0.000109. The van der Waals surface area contributed by atoms with Crippen LogP contribution in [0.5, 0.6) is 0 Å². The summed E-state index contributed by atoms with van der Waals surface area (Å²) in [6.07, 6.45) is 8.70. The van der Waals surface area contributed by atoms with Crippen molar-refractivity contribution in [2.24, 2.45) is 5.92 Å². The van der Waals surface area contributed by atoms with E-state index in [2.05, 4.69) is 31.5 Å². The van der Waals surface area contributed by atoms with Crippen molar-refractivity contribution in [1.82, 2.24) is 4.90 Å². The maximum absolute atomic E-state index is 5.98. The van der Waals surface area contributed by atoms with Crippen molar-refractivity contribution in [3.63, 3.8) is 0 Å². The van der Waals surface area contributed by atoms with Crippen molar-refractivity contribution >= 4 is 0 Å². The Hall–Kier alpha value is -0.340. The molecule has 2 nitrogen and oxygen atoms in total. The molecule has 0 amide bonds. The molecule has 0 aromatic rings. The second kappa shape index (κ2) is 7.86. The third-order valence-electron chi connectivity index (χ3n) is 3.47. The summed E-state index contributed by atoms with van der Waals surface area (Å²) in [5.74, 6) is 0.555. The summed E-state index contributed by atoms with van der Waals surface area (Å²) in [6, 6.07) is 0. The number of hydrogen-bond donors (Lipinski definition) is 0. The molecule has 0 aromatic heterocycles. The zero-order chi connectivity index (χ0) is 11.8. The van der Waals surface area contributed by atoms with Crippen LogP contribution in [0.2, 0.25) is 0 Å². The molecule has 0 spiro atoms. The molecule has 2 heteroatoms. The highest BCUT2D eigenvalue weighted by atomic mass is 16.5. The van der Waals surface area contributed by atoms with Crippen molar-refractivity contribution < 1.29 is 4.74 Å². The Balaban J connectivity index is 2.14. The third kappa shape index (κ3) is 5.13. The first kappa shape index (κ1) is 13.7. The van der Waals surface area contributed by atoms with Gasteiger partial charge < -0.3 is 9.64 Å². The van der Waals surface area contributed by atoms with Crippen molar-refractivity contribution in [2.75, 3.05) is 26.7 Å². The minimum atomic E-state index is 0.486. The largest absolute Gasteiger partial charge is 0.378 e. The molecule has 1 heterocycles. The van der Waals surface area contributed by atoms with Crippen LogP contribution in [0.15, 0.2) is 12.7 Å². The van der Waals surface area contributed by atoms with Crippen LogP contribution < -0.4 is 0 Å². The first-order valence-corrected chi connectivity index (χ1v) is 6.69. The van der Waals surface area contributed by atoms with Gasteiger partial charge in [-0.05, 0) is 32.2 Å². The highest BCUT2D eigenvalue weighted by molar-refractivity contribution is 4.79. The zero-order valence-corrected chi connectivity index (χ0v) is 11.0. The van der Waals surface area contributed by atoms with Gasteiger partial charge in [-0.25, -0.2) is 0 Å². The van der Waals surface area contributed by atoms with Crippen molar-refractivity contribution in [3.8, 4) is 0 Å². The van der Waals surface area contributed by atoms with Crippen LogP contribution in [0.3, 0.4) is 0 Å². The molecule has 0 aliphatic carbocycles. The lowest BCUT2D eigenvalue weighted by atomic mass is 10.0. The molecular weight excluding hydrogens is 198 g/mol. The molecule has 1 aliphatic heterocycles. The maximum atomic E-state index is 5.98. The maximum Gasteiger partial charge on any atom is 0.0599 e. The van der Waals surface area contributed by atoms with Crippen LogP contribution in [0.1, 0.15) is 39.0 Å². The summed E-state index contributed by atoms with van der Waals surface area (Å²) in [4.78, 5) is 2.38. The minimum absolute atomic E-state index is 0.486. The average Bonchev–Trinajstić information content (AvgIpc) is 2.32. The first-order chi connectivity index (χ1) is 7.76. The van der Waals surface area contributed by atoms with Crippen LogP contribution >= 0.6 is 0 Å². The van der Waals surface area contributed by atoms with Gasteiger partial charge in [0.15, 0.2) is 0 Å². The first-order valence-electron chi connectivity index (χ1n) is 6.69. The van der Waals surface area contributed by atoms with Crippen LogP contribution in [-0.4, -0.2) is 37.7 Å². The second-order valence-electron chi connectivity index (χ2n) is 4.97. The number of hydrogen-bond acceptors (Lipinski definition) is 2. The lowest BCUT2D eigenvalue weighted by Gasteiger charge is -2.29. The lowest BCUT2D eigenvalue weighted by Crippen LogP contribution is -2.34. The Kier molecular flexibility index (Phi) is 6.74. The third-order valence-corrected chi connectivity index (χ3v) is 3.47. The zero-order valence-electron chi connectivity index (χ0n) is 11.0. The normalized spacial score (nSPS) is 20.9. The SMILES string of the molecule is C=C[C@@H](CCCC)COC1CCN(C)CC1. The van der Waals surface area contributed by atoms with Crippen LogP contribution in [0.4, 0.5) is 0 Å². The molecule has 0 N–H and O–H groups in total. The van der Waals surface area contributed by atoms with Crippen LogP contribution in [0, 0.1) is 5.92 Å². The van der Waals surface area contributed by atoms with Crippen LogP contribution in [0.25, 0.3) is 0 Å². The molecule has 16 heavy (non-hydrogen) atoms. The second-order valence-corrected chi connectivity index (χ2v) is 4.97. The van der Waals surface area contributed by atoms with E-state index >= 15 is 0 Å². The highest BCUT2D eigenvalue weighted by Crippen LogP contribution is 2.16. The Morgan fingerprint density at radius 3 is 2.69 bits per heavy atom. The number of ether oxygens (including phenoxy) is 1. The summed E-state index contributed by atoms with van der Waals surface area (Å²) < 4.78 is 5.98. The van der Waals surface area contributed by atoms with Gasteiger partial charge >= 0.3 is 0 Å². The Morgan fingerprint density at radius 2 is 2.12 bits per heavy atom. The van der Waals surface area contributed by atoms with Gasteiger partial charge in [0.05, 0.1) is 12.7 Å². The van der Waals surface area contributed by atoms with Gasteiger partial charge in [-0.1, -0.05) is 25.8 Å². The predicted octanol–water partition coefficient (Wildman–Crippen LogP) is 3.09. The molecule has 0 saturated carbocycles. The van der Waals surface area contributed by atoms with E-state index in [4.69, 9.17) is 4.74 Å². The van der Waals surface area contributed by atoms with E-state index in [1.807, 2.05) is 0 Å². The molecule has 1 rings (SSSR count). The van der Waals surface area contributed by atoms with Crippen molar-refractivity contribution in [2.45, 2.75) is 45.1 Å². The van der Waals surface area contributed by atoms with E-state index in [1.54, 1.807) is 0 Å².